The summed E-state index contributed by atoms with van der Waals surface area (Å²) in [7, 11) is 0. The maximum atomic E-state index is 13.0. The van der Waals surface area contributed by atoms with E-state index < -0.39 is 5.41 Å². The second-order valence-corrected chi connectivity index (χ2v) is 8.42. The number of rotatable bonds is 5. The molecule has 3 aromatic rings. The molecule has 0 aliphatic carbocycles. The Kier molecular flexibility index (Phi) is 5.85. The number of benzene rings is 2. The van der Waals surface area contributed by atoms with E-state index in [4.69, 9.17) is 5.73 Å². The van der Waals surface area contributed by atoms with Crippen LogP contribution in [0.4, 0.5) is 0 Å². The number of pyridine rings is 1. The van der Waals surface area contributed by atoms with Crippen LogP contribution in [0.1, 0.15) is 34.3 Å². The molecule has 2 aromatic carbocycles. The molecule has 2 amide bonds. The zero-order valence-electron chi connectivity index (χ0n) is 17.8. The Bertz CT molecular complexity index is 1080. The molecule has 0 radical (unpaired) electrons. The van der Waals surface area contributed by atoms with Gasteiger partial charge in [-0.3, -0.25) is 14.6 Å². The van der Waals surface area contributed by atoms with Crippen molar-refractivity contribution >= 4 is 11.8 Å². The first-order valence-corrected chi connectivity index (χ1v) is 10.6. The Balaban J connectivity index is 1.65. The van der Waals surface area contributed by atoms with Gasteiger partial charge in [-0.15, -0.1) is 0 Å². The summed E-state index contributed by atoms with van der Waals surface area (Å²) in [6, 6.07) is 20.0. The molecule has 31 heavy (non-hydrogen) atoms. The monoisotopic (exact) mass is 413 g/mol. The minimum absolute atomic E-state index is 0.106. The number of nitrogens with two attached hydrogens (primary N) is 1. The van der Waals surface area contributed by atoms with Gasteiger partial charge >= 0.3 is 0 Å². The van der Waals surface area contributed by atoms with Crippen molar-refractivity contribution in [2.24, 2.45) is 11.1 Å². The van der Waals surface area contributed by atoms with Crippen LogP contribution in [0.3, 0.4) is 0 Å². The molecule has 1 unspecified atom stereocenters. The summed E-state index contributed by atoms with van der Waals surface area (Å²) in [6.45, 7) is 2.99. The molecule has 1 atom stereocenters. The number of likely N-dealkylation sites (tertiary alicyclic amines) is 1. The third-order valence-corrected chi connectivity index (χ3v) is 6.20. The standard InChI is InChI=1S/C26H27N3O2/c1-19-9-11-20(12-10-19)23-8-3-2-6-21(23)16-26(25(27)31)13-5-15-29(18-26)24(30)22-7-4-14-28-17-22/h2-4,6-12,14,17H,5,13,15-16,18H2,1H3,(H2,27,31). The number of aryl methyl sites for hydroxylation is 1. The third-order valence-electron chi connectivity index (χ3n) is 6.20. The lowest BCUT2D eigenvalue weighted by Gasteiger charge is -2.41. The summed E-state index contributed by atoms with van der Waals surface area (Å²) in [5, 5.41) is 0. The Morgan fingerprint density at radius 3 is 2.55 bits per heavy atom. The number of amides is 2. The molecular formula is C26H27N3O2. The number of nitrogens with zero attached hydrogens (tertiary/aromatic N) is 2. The van der Waals surface area contributed by atoms with E-state index in [-0.39, 0.29) is 11.8 Å². The van der Waals surface area contributed by atoms with Gasteiger partial charge in [0.15, 0.2) is 0 Å². The summed E-state index contributed by atoms with van der Waals surface area (Å²) < 4.78 is 0. The topological polar surface area (TPSA) is 76.3 Å². The summed E-state index contributed by atoms with van der Waals surface area (Å²) in [5.41, 5.74) is 10.2. The van der Waals surface area contributed by atoms with Crippen LogP contribution >= 0.6 is 0 Å². The SMILES string of the molecule is Cc1ccc(-c2ccccc2CC2(C(N)=O)CCCN(C(=O)c3cccnc3)C2)cc1. The van der Waals surface area contributed by atoms with Crippen molar-refractivity contribution in [3.8, 4) is 11.1 Å². The molecule has 1 aliphatic rings. The number of hydrogen-bond acceptors (Lipinski definition) is 3. The summed E-state index contributed by atoms with van der Waals surface area (Å²) in [6.07, 6.45) is 5.12. The van der Waals surface area contributed by atoms with Gasteiger partial charge in [-0.1, -0.05) is 54.1 Å². The predicted octanol–water partition coefficient (Wildman–Crippen LogP) is 4.01. The van der Waals surface area contributed by atoms with Crippen molar-refractivity contribution in [3.63, 3.8) is 0 Å². The van der Waals surface area contributed by atoms with E-state index in [0.29, 0.717) is 31.5 Å². The van der Waals surface area contributed by atoms with Gasteiger partial charge in [0.25, 0.3) is 5.91 Å². The largest absolute Gasteiger partial charge is 0.369 e. The average molecular weight is 414 g/mol. The zero-order chi connectivity index (χ0) is 21.8. The number of aromatic nitrogens is 1. The highest BCUT2D eigenvalue weighted by molar-refractivity contribution is 5.94. The molecule has 5 heteroatoms. The Morgan fingerprint density at radius 1 is 1.06 bits per heavy atom. The molecule has 4 rings (SSSR count). The van der Waals surface area contributed by atoms with Crippen LogP contribution < -0.4 is 5.73 Å². The molecule has 1 saturated heterocycles. The molecule has 2 heterocycles. The fraction of sp³-hybridized carbons (Fsp3) is 0.269. The van der Waals surface area contributed by atoms with Crippen LogP contribution in [0.15, 0.2) is 73.1 Å². The summed E-state index contributed by atoms with van der Waals surface area (Å²) in [4.78, 5) is 31.6. The second-order valence-electron chi connectivity index (χ2n) is 8.42. The van der Waals surface area contributed by atoms with Crippen LogP contribution in [0, 0.1) is 12.3 Å². The van der Waals surface area contributed by atoms with Gasteiger partial charge in [0.05, 0.1) is 11.0 Å². The molecular weight excluding hydrogens is 386 g/mol. The van der Waals surface area contributed by atoms with E-state index in [1.165, 1.54) is 5.56 Å². The number of piperidine rings is 1. The molecule has 0 saturated carbocycles. The van der Waals surface area contributed by atoms with Gasteiger partial charge in [0.2, 0.25) is 5.91 Å². The fourth-order valence-corrected chi connectivity index (χ4v) is 4.46. The van der Waals surface area contributed by atoms with Crippen molar-refractivity contribution in [1.82, 2.24) is 9.88 Å². The number of carbonyl (C=O) groups excluding carboxylic acids is 2. The number of hydrogen-bond donors (Lipinski definition) is 1. The molecule has 5 nitrogen and oxygen atoms in total. The minimum atomic E-state index is -0.795. The molecule has 1 aromatic heterocycles. The van der Waals surface area contributed by atoms with Crippen LogP contribution in [-0.2, 0) is 11.2 Å². The van der Waals surface area contributed by atoms with E-state index >= 15 is 0 Å². The minimum Gasteiger partial charge on any atom is -0.369 e. The normalized spacial score (nSPS) is 18.5. The predicted molar refractivity (Wildman–Crippen MR) is 121 cm³/mol. The van der Waals surface area contributed by atoms with Gasteiger partial charge in [-0.25, -0.2) is 0 Å². The molecule has 158 valence electrons. The average Bonchev–Trinajstić information content (AvgIpc) is 2.80. The maximum Gasteiger partial charge on any atom is 0.255 e. The van der Waals surface area contributed by atoms with Crippen LogP contribution in [-0.4, -0.2) is 34.8 Å². The lowest BCUT2D eigenvalue weighted by Crippen LogP contribution is -2.53. The molecule has 1 aliphatic heterocycles. The van der Waals surface area contributed by atoms with Crippen molar-refractivity contribution in [1.29, 1.82) is 0 Å². The Morgan fingerprint density at radius 2 is 1.84 bits per heavy atom. The zero-order valence-corrected chi connectivity index (χ0v) is 17.8. The molecule has 0 bridgehead atoms. The number of carbonyl (C=O) groups is 2. The van der Waals surface area contributed by atoms with Gasteiger partial charge in [-0.2, -0.15) is 0 Å². The summed E-state index contributed by atoms with van der Waals surface area (Å²) >= 11 is 0. The third kappa shape index (κ3) is 4.36. The maximum absolute atomic E-state index is 13.0. The lowest BCUT2D eigenvalue weighted by atomic mass is 9.73. The Labute approximate surface area is 182 Å². The molecule has 2 N–H and O–H groups in total. The first kappa shape index (κ1) is 20.8. The second kappa shape index (κ2) is 8.72. The quantitative estimate of drug-likeness (QED) is 0.687. The highest BCUT2D eigenvalue weighted by Crippen LogP contribution is 2.37. The van der Waals surface area contributed by atoms with Crippen molar-refractivity contribution in [3.05, 3.63) is 89.7 Å². The van der Waals surface area contributed by atoms with E-state index in [0.717, 1.165) is 23.1 Å². The fourth-order valence-electron chi connectivity index (χ4n) is 4.46. The lowest BCUT2D eigenvalue weighted by molar-refractivity contribution is -0.130. The van der Waals surface area contributed by atoms with Crippen molar-refractivity contribution in [2.45, 2.75) is 26.2 Å². The highest BCUT2D eigenvalue weighted by Gasteiger charge is 2.42. The van der Waals surface area contributed by atoms with Gasteiger partial charge in [0, 0.05) is 25.5 Å². The first-order chi connectivity index (χ1) is 15.0. The number of primary amides is 1. The molecule has 1 fully saturated rings. The van der Waals surface area contributed by atoms with Crippen LogP contribution in [0.25, 0.3) is 11.1 Å². The van der Waals surface area contributed by atoms with E-state index in [2.05, 4.69) is 48.3 Å². The van der Waals surface area contributed by atoms with Crippen molar-refractivity contribution in [2.75, 3.05) is 13.1 Å². The van der Waals surface area contributed by atoms with Gasteiger partial charge < -0.3 is 10.6 Å². The Hall–Kier alpha value is -3.47. The van der Waals surface area contributed by atoms with E-state index in [1.54, 1.807) is 29.4 Å². The molecule has 0 spiro atoms. The van der Waals surface area contributed by atoms with Crippen LogP contribution in [0.5, 0.6) is 0 Å². The van der Waals surface area contributed by atoms with E-state index in [9.17, 15) is 9.59 Å². The van der Waals surface area contributed by atoms with Crippen molar-refractivity contribution < 1.29 is 9.59 Å². The summed E-state index contributed by atoms with van der Waals surface area (Å²) in [5.74, 6) is -0.458. The van der Waals surface area contributed by atoms with Gasteiger partial charge in [0.1, 0.15) is 0 Å². The first-order valence-electron chi connectivity index (χ1n) is 10.6. The van der Waals surface area contributed by atoms with E-state index in [1.807, 2.05) is 12.1 Å². The van der Waals surface area contributed by atoms with Crippen LogP contribution in [0.2, 0.25) is 0 Å². The highest BCUT2D eigenvalue weighted by atomic mass is 16.2. The smallest absolute Gasteiger partial charge is 0.255 e. The van der Waals surface area contributed by atoms with Gasteiger partial charge in [-0.05, 0) is 55.0 Å².